The molecule has 0 spiro atoms. The van der Waals surface area contributed by atoms with Crippen molar-refractivity contribution in [1.82, 2.24) is 9.97 Å². The van der Waals surface area contributed by atoms with E-state index in [9.17, 15) is 0 Å². The van der Waals surface area contributed by atoms with Gasteiger partial charge in [0.05, 0.1) is 0 Å². The van der Waals surface area contributed by atoms with E-state index < -0.39 is 0 Å². The van der Waals surface area contributed by atoms with E-state index in [-0.39, 0.29) is 5.95 Å². The van der Waals surface area contributed by atoms with Crippen molar-refractivity contribution in [2.75, 3.05) is 17.7 Å². The topological polar surface area (TPSA) is 55.0 Å². The molecule has 0 amide bonds. The third-order valence-electron chi connectivity index (χ3n) is 1.57. The van der Waals surface area contributed by atoms with Crippen LogP contribution in [0, 0.1) is 6.92 Å². The predicted octanol–water partition coefficient (Wildman–Crippen LogP) is 1.97. The number of hydrogen-bond acceptors (Lipinski definition) is 4. The zero-order chi connectivity index (χ0) is 11.1. The summed E-state index contributed by atoms with van der Waals surface area (Å²) in [5.41, 5.74) is 6.42. The Morgan fingerprint density at radius 2 is 2.07 bits per heavy atom. The molecule has 0 saturated carbocycles. The second-order valence-corrected chi connectivity index (χ2v) is 2.53. The first-order valence-electron chi connectivity index (χ1n) is 4.59. The lowest BCUT2D eigenvalue weighted by Gasteiger charge is -2.14. The van der Waals surface area contributed by atoms with E-state index in [0.29, 0.717) is 0 Å². The maximum Gasteiger partial charge on any atom is 0.221 e. The molecule has 1 aromatic rings. The Morgan fingerprint density at radius 3 is 2.57 bits per heavy atom. The first kappa shape index (κ1) is 12.4. The van der Waals surface area contributed by atoms with Gasteiger partial charge in [0.2, 0.25) is 5.95 Å². The Hall–Kier alpha value is -1.58. The molecule has 0 unspecified atom stereocenters. The van der Waals surface area contributed by atoms with Crippen molar-refractivity contribution in [1.29, 1.82) is 0 Å². The highest BCUT2D eigenvalue weighted by Crippen LogP contribution is 2.14. The lowest BCUT2D eigenvalue weighted by Crippen LogP contribution is -2.12. The number of anilines is 2. The van der Waals surface area contributed by atoms with Crippen LogP contribution in [0.2, 0.25) is 0 Å². The average Bonchev–Trinajstić information content (AvgIpc) is 2.23. The van der Waals surface area contributed by atoms with Crippen LogP contribution < -0.4 is 10.6 Å². The second kappa shape index (κ2) is 5.96. The molecule has 0 radical (unpaired) electrons. The molecule has 0 fully saturated rings. The molecule has 0 atom stereocenters. The van der Waals surface area contributed by atoms with Gasteiger partial charge in [0, 0.05) is 18.8 Å². The van der Waals surface area contributed by atoms with Crippen molar-refractivity contribution >= 4 is 11.8 Å². The van der Waals surface area contributed by atoms with Crippen LogP contribution >= 0.6 is 0 Å². The Morgan fingerprint density at radius 1 is 1.50 bits per heavy atom. The molecular formula is C10H18N4. The summed E-state index contributed by atoms with van der Waals surface area (Å²) in [5, 5.41) is 0. The minimum Gasteiger partial charge on any atom is -0.368 e. The first-order chi connectivity index (χ1) is 6.65. The molecule has 0 bridgehead atoms. The Bertz CT molecular complexity index is 296. The van der Waals surface area contributed by atoms with Gasteiger partial charge < -0.3 is 10.6 Å². The number of rotatable bonds is 2. The summed E-state index contributed by atoms with van der Waals surface area (Å²) in [5.74, 6) is 1.07. The SMILES string of the molecule is C=CN(C)c1nc(N)ncc1C.CC. The van der Waals surface area contributed by atoms with Crippen molar-refractivity contribution in [3.63, 3.8) is 0 Å². The van der Waals surface area contributed by atoms with Gasteiger partial charge in [0.1, 0.15) is 5.82 Å². The van der Waals surface area contributed by atoms with Crippen LogP contribution in [0.5, 0.6) is 0 Å². The van der Waals surface area contributed by atoms with Crippen molar-refractivity contribution in [3.8, 4) is 0 Å². The van der Waals surface area contributed by atoms with E-state index >= 15 is 0 Å². The van der Waals surface area contributed by atoms with Gasteiger partial charge in [0.15, 0.2) is 0 Å². The summed E-state index contributed by atoms with van der Waals surface area (Å²) in [6.45, 7) is 9.56. The third kappa shape index (κ3) is 3.05. The predicted molar refractivity (Wildman–Crippen MR) is 61.1 cm³/mol. The van der Waals surface area contributed by atoms with Gasteiger partial charge in [-0.2, -0.15) is 4.98 Å². The maximum absolute atomic E-state index is 5.44. The van der Waals surface area contributed by atoms with Gasteiger partial charge in [0.25, 0.3) is 0 Å². The van der Waals surface area contributed by atoms with Crippen molar-refractivity contribution in [2.24, 2.45) is 0 Å². The summed E-state index contributed by atoms with van der Waals surface area (Å²) < 4.78 is 0. The Balaban J connectivity index is 0.000000791. The molecule has 2 N–H and O–H groups in total. The van der Waals surface area contributed by atoms with Crippen LogP contribution in [0.25, 0.3) is 0 Å². The lowest BCUT2D eigenvalue weighted by atomic mass is 10.3. The second-order valence-electron chi connectivity index (χ2n) is 2.53. The molecule has 0 aliphatic carbocycles. The van der Waals surface area contributed by atoms with Crippen LogP contribution in [0.3, 0.4) is 0 Å². The van der Waals surface area contributed by atoms with Crippen LogP contribution in [-0.2, 0) is 0 Å². The van der Waals surface area contributed by atoms with E-state index in [1.54, 1.807) is 17.3 Å². The van der Waals surface area contributed by atoms with Gasteiger partial charge in [-0.05, 0) is 13.1 Å². The number of nitrogens with zero attached hydrogens (tertiary/aromatic N) is 3. The standard InChI is InChI=1S/C8H12N4.C2H6/c1-4-12(3)7-6(2)5-10-8(9)11-7;1-2/h4-5H,1H2,2-3H3,(H2,9,10,11);1-2H3. The van der Waals surface area contributed by atoms with E-state index in [1.807, 2.05) is 27.8 Å². The number of aryl methyl sites for hydroxylation is 1. The van der Waals surface area contributed by atoms with Gasteiger partial charge >= 0.3 is 0 Å². The third-order valence-corrected chi connectivity index (χ3v) is 1.57. The van der Waals surface area contributed by atoms with E-state index in [1.165, 1.54) is 0 Å². The smallest absolute Gasteiger partial charge is 0.221 e. The maximum atomic E-state index is 5.44. The fraction of sp³-hybridized carbons (Fsp3) is 0.400. The van der Waals surface area contributed by atoms with E-state index in [2.05, 4.69) is 16.5 Å². The summed E-state index contributed by atoms with van der Waals surface area (Å²) in [4.78, 5) is 9.73. The molecule has 1 rings (SSSR count). The van der Waals surface area contributed by atoms with Gasteiger partial charge in [-0.3, -0.25) is 0 Å². The average molecular weight is 194 g/mol. The molecule has 0 aliphatic heterocycles. The molecule has 1 heterocycles. The molecule has 0 aromatic carbocycles. The number of nitrogen functional groups attached to an aromatic ring is 1. The highest BCUT2D eigenvalue weighted by Gasteiger charge is 2.03. The Labute approximate surface area is 85.5 Å². The Kier molecular flexibility index (Phi) is 5.29. The fourth-order valence-corrected chi connectivity index (χ4v) is 0.890. The van der Waals surface area contributed by atoms with Crippen molar-refractivity contribution in [2.45, 2.75) is 20.8 Å². The molecule has 4 nitrogen and oxygen atoms in total. The zero-order valence-electron chi connectivity index (χ0n) is 9.28. The molecular weight excluding hydrogens is 176 g/mol. The molecule has 14 heavy (non-hydrogen) atoms. The van der Waals surface area contributed by atoms with E-state index in [4.69, 9.17) is 5.73 Å². The molecule has 4 heteroatoms. The van der Waals surface area contributed by atoms with Gasteiger partial charge in [-0.1, -0.05) is 20.4 Å². The van der Waals surface area contributed by atoms with Crippen LogP contribution in [0.1, 0.15) is 19.4 Å². The normalized spacial score (nSPS) is 8.57. The minimum absolute atomic E-state index is 0.282. The van der Waals surface area contributed by atoms with Crippen molar-refractivity contribution in [3.05, 3.63) is 24.5 Å². The minimum atomic E-state index is 0.282. The van der Waals surface area contributed by atoms with Crippen LogP contribution in [0.15, 0.2) is 19.0 Å². The largest absolute Gasteiger partial charge is 0.368 e. The van der Waals surface area contributed by atoms with Crippen LogP contribution in [0.4, 0.5) is 11.8 Å². The van der Waals surface area contributed by atoms with E-state index in [0.717, 1.165) is 11.4 Å². The summed E-state index contributed by atoms with van der Waals surface area (Å²) >= 11 is 0. The monoisotopic (exact) mass is 194 g/mol. The number of hydrogen-bond donors (Lipinski definition) is 1. The summed E-state index contributed by atoms with van der Waals surface area (Å²) in [7, 11) is 1.86. The first-order valence-corrected chi connectivity index (χ1v) is 4.59. The zero-order valence-corrected chi connectivity index (χ0v) is 9.28. The summed E-state index contributed by atoms with van der Waals surface area (Å²) in [6.07, 6.45) is 3.37. The molecule has 0 aliphatic rings. The summed E-state index contributed by atoms with van der Waals surface area (Å²) in [6, 6.07) is 0. The fourth-order valence-electron chi connectivity index (χ4n) is 0.890. The highest BCUT2D eigenvalue weighted by molar-refractivity contribution is 5.49. The number of aromatic nitrogens is 2. The number of nitrogens with two attached hydrogens (primary N) is 1. The highest BCUT2D eigenvalue weighted by atomic mass is 15.2. The van der Waals surface area contributed by atoms with Crippen LogP contribution in [-0.4, -0.2) is 17.0 Å². The van der Waals surface area contributed by atoms with Gasteiger partial charge in [-0.25, -0.2) is 4.98 Å². The molecule has 78 valence electrons. The van der Waals surface area contributed by atoms with Gasteiger partial charge in [-0.15, -0.1) is 0 Å². The quantitative estimate of drug-likeness (QED) is 0.782. The lowest BCUT2D eigenvalue weighted by molar-refractivity contribution is 1.06. The molecule has 1 aromatic heterocycles. The van der Waals surface area contributed by atoms with Crippen molar-refractivity contribution < 1.29 is 0 Å². The molecule has 0 saturated heterocycles.